The lowest BCUT2D eigenvalue weighted by Crippen LogP contribution is -2.31. The molecule has 2 nitrogen and oxygen atoms in total. The van der Waals surface area contributed by atoms with Gasteiger partial charge in [-0.25, -0.2) is 0 Å². The molecule has 0 heterocycles. The molecule has 2 heteroatoms. The van der Waals surface area contributed by atoms with E-state index in [9.17, 15) is 4.79 Å². The zero-order chi connectivity index (χ0) is 14.7. The number of hydrogen-bond acceptors (Lipinski definition) is 2. The molecule has 0 amide bonds. The smallest absolute Gasteiger partial charge is 0.165 e. The maximum atomic E-state index is 12.5. The number of carbonyl (C=O) groups excluding carboxylic acids is 1. The Morgan fingerprint density at radius 2 is 1.57 bits per heavy atom. The van der Waals surface area contributed by atoms with Gasteiger partial charge in [0.05, 0.1) is 0 Å². The molecule has 0 aliphatic heterocycles. The lowest BCUT2D eigenvalue weighted by atomic mass is 9.81. The van der Waals surface area contributed by atoms with Gasteiger partial charge < -0.3 is 5.73 Å². The third-order valence-corrected chi connectivity index (χ3v) is 4.36. The zero-order valence-electron chi connectivity index (χ0n) is 12.2. The summed E-state index contributed by atoms with van der Waals surface area (Å²) in [6.07, 6.45) is 3.93. The van der Waals surface area contributed by atoms with Crippen molar-refractivity contribution in [1.82, 2.24) is 0 Å². The van der Waals surface area contributed by atoms with Crippen LogP contribution in [0.1, 0.15) is 36.0 Å². The second kappa shape index (κ2) is 6.23. The molecule has 0 aromatic heterocycles. The first-order valence-corrected chi connectivity index (χ1v) is 7.69. The number of benzene rings is 2. The largest absolute Gasteiger partial charge is 0.328 e. The summed E-state index contributed by atoms with van der Waals surface area (Å²) in [5.41, 5.74) is 9.13. The molecule has 108 valence electrons. The van der Waals surface area contributed by atoms with Crippen LogP contribution in [-0.2, 0) is 0 Å². The van der Waals surface area contributed by atoms with E-state index in [1.165, 1.54) is 5.56 Å². The first kappa shape index (κ1) is 14.0. The maximum absolute atomic E-state index is 12.5. The molecular formula is C19H21NO. The summed E-state index contributed by atoms with van der Waals surface area (Å²) in [5, 5.41) is 0. The van der Waals surface area contributed by atoms with Gasteiger partial charge in [-0.05, 0) is 30.4 Å². The van der Waals surface area contributed by atoms with Crippen LogP contribution in [0.4, 0.5) is 0 Å². The van der Waals surface area contributed by atoms with Crippen LogP contribution < -0.4 is 5.73 Å². The van der Waals surface area contributed by atoms with Gasteiger partial charge in [-0.2, -0.15) is 0 Å². The molecule has 1 aliphatic carbocycles. The number of rotatable bonds is 3. The van der Waals surface area contributed by atoms with Crippen LogP contribution in [0.25, 0.3) is 11.1 Å². The minimum absolute atomic E-state index is 0.108. The van der Waals surface area contributed by atoms with Crippen LogP contribution in [-0.4, -0.2) is 11.8 Å². The Bertz CT molecular complexity index is 603. The van der Waals surface area contributed by atoms with E-state index in [1.54, 1.807) is 0 Å². The topological polar surface area (TPSA) is 43.1 Å². The monoisotopic (exact) mass is 279 g/mol. The van der Waals surface area contributed by atoms with Crippen LogP contribution in [0.15, 0.2) is 54.6 Å². The van der Waals surface area contributed by atoms with Gasteiger partial charge in [0.15, 0.2) is 5.78 Å². The molecule has 2 atom stereocenters. The fourth-order valence-electron chi connectivity index (χ4n) is 3.16. The van der Waals surface area contributed by atoms with E-state index in [1.807, 2.05) is 42.5 Å². The molecule has 1 aliphatic rings. The second-order valence-electron chi connectivity index (χ2n) is 5.93. The van der Waals surface area contributed by atoms with Crippen molar-refractivity contribution in [2.75, 3.05) is 0 Å². The Morgan fingerprint density at radius 3 is 2.24 bits per heavy atom. The number of Topliss-reactive ketones (excluding diaryl/α,β-unsaturated/α-hetero) is 1. The predicted molar refractivity (Wildman–Crippen MR) is 86.1 cm³/mol. The van der Waals surface area contributed by atoms with Crippen LogP contribution in [0.2, 0.25) is 0 Å². The summed E-state index contributed by atoms with van der Waals surface area (Å²) >= 11 is 0. The molecule has 0 saturated heterocycles. The highest BCUT2D eigenvalue weighted by molar-refractivity contribution is 5.98. The summed E-state index contributed by atoms with van der Waals surface area (Å²) in [6.45, 7) is 0. The van der Waals surface area contributed by atoms with Gasteiger partial charge in [0, 0.05) is 17.5 Å². The summed E-state index contributed by atoms with van der Waals surface area (Å²) in [6, 6.07) is 18.4. The summed E-state index contributed by atoms with van der Waals surface area (Å²) in [4.78, 5) is 12.5. The van der Waals surface area contributed by atoms with Gasteiger partial charge in [0.1, 0.15) is 0 Å². The van der Waals surface area contributed by atoms with E-state index in [2.05, 4.69) is 12.1 Å². The first-order valence-electron chi connectivity index (χ1n) is 7.69. The molecule has 1 saturated carbocycles. The average Bonchev–Trinajstić information content (AvgIpc) is 2.55. The van der Waals surface area contributed by atoms with E-state index < -0.39 is 0 Å². The molecule has 1 fully saturated rings. The highest BCUT2D eigenvalue weighted by atomic mass is 16.1. The lowest BCUT2D eigenvalue weighted by molar-refractivity contribution is 0.0881. The van der Waals surface area contributed by atoms with E-state index in [4.69, 9.17) is 5.73 Å². The highest BCUT2D eigenvalue weighted by Gasteiger charge is 2.25. The molecule has 2 aromatic rings. The third-order valence-electron chi connectivity index (χ3n) is 4.36. The van der Waals surface area contributed by atoms with E-state index in [-0.39, 0.29) is 17.7 Å². The summed E-state index contributed by atoms with van der Waals surface area (Å²) in [5.74, 6) is 0.362. The Hall–Kier alpha value is -1.93. The van der Waals surface area contributed by atoms with Crippen LogP contribution in [0, 0.1) is 5.92 Å². The maximum Gasteiger partial charge on any atom is 0.165 e. The molecular weight excluding hydrogens is 258 g/mol. The molecule has 2 aromatic carbocycles. The van der Waals surface area contributed by atoms with Crippen molar-refractivity contribution in [2.45, 2.75) is 31.7 Å². The van der Waals surface area contributed by atoms with E-state index in [0.29, 0.717) is 0 Å². The highest BCUT2D eigenvalue weighted by Crippen LogP contribution is 2.27. The van der Waals surface area contributed by atoms with Gasteiger partial charge in [0.25, 0.3) is 0 Å². The van der Waals surface area contributed by atoms with Crippen LogP contribution in [0.3, 0.4) is 0 Å². The quantitative estimate of drug-likeness (QED) is 0.861. The van der Waals surface area contributed by atoms with Gasteiger partial charge in [-0.1, -0.05) is 61.0 Å². The Kier molecular flexibility index (Phi) is 4.16. The van der Waals surface area contributed by atoms with Crippen molar-refractivity contribution in [3.05, 3.63) is 60.2 Å². The summed E-state index contributed by atoms with van der Waals surface area (Å²) < 4.78 is 0. The Morgan fingerprint density at radius 1 is 0.905 bits per heavy atom. The SMILES string of the molecule is NC1CCCC(C(=O)c2ccc(-c3ccccc3)cc2)C1. The molecule has 21 heavy (non-hydrogen) atoms. The van der Waals surface area contributed by atoms with Gasteiger partial charge >= 0.3 is 0 Å². The number of nitrogens with two attached hydrogens (primary N) is 1. The number of carbonyl (C=O) groups is 1. The van der Waals surface area contributed by atoms with Crippen molar-refractivity contribution in [3.63, 3.8) is 0 Å². The molecule has 0 spiro atoms. The Labute approximate surface area is 126 Å². The fourth-order valence-corrected chi connectivity index (χ4v) is 3.16. The van der Waals surface area contributed by atoms with Crippen LogP contribution >= 0.6 is 0 Å². The van der Waals surface area contributed by atoms with Crippen molar-refractivity contribution in [2.24, 2.45) is 11.7 Å². The number of hydrogen-bond donors (Lipinski definition) is 1. The zero-order valence-corrected chi connectivity index (χ0v) is 12.2. The minimum atomic E-state index is 0.108. The normalized spacial score (nSPS) is 22.0. The van der Waals surface area contributed by atoms with E-state index in [0.717, 1.165) is 36.8 Å². The standard InChI is InChI=1S/C19H21NO/c20-18-8-4-7-17(13-18)19(21)16-11-9-15(10-12-16)14-5-2-1-3-6-14/h1-3,5-6,9-12,17-18H,4,7-8,13,20H2. The second-order valence-corrected chi connectivity index (χ2v) is 5.93. The third kappa shape index (κ3) is 3.22. The summed E-state index contributed by atoms with van der Waals surface area (Å²) in [7, 11) is 0. The van der Waals surface area contributed by atoms with Gasteiger partial charge in [0.2, 0.25) is 0 Å². The molecule has 0 bridgehead atoms. The average molecular weight is 279 g/mol. The van der Waals surface area contributed by atoms with Crippen molar-refractivity contribution >= 4 is 5.78 Å². The van der Waals surface area contributed by atoms with Crippen molar-refractivity contribution < 1.29 is 4.79 Å². The van der Waals surface area contributed by atoms with Gasteiger partial charge in [-0.3, -0.25) is 4.79 Å². The van der Waals surface area contributed by atoms with Crippen molar-refractivity contribution in [3.8, 4) is 11.1 Å². The molecule has 0 radical (unpaired) electrons. The predicted octanol–water partition coefficient (Wildman–Crippen LogP) is 4.05. The van der Waals surface area contributed by atoms with Gasteiger partial charge in [-0.15, -0.1) is 0 Å². The molecule has 2 unspecified atom stereocenters. The number of ketones is 1. The fraction of sp³-hybridized carbons (Fsp3) is 0.316. The Balaban J connectivity index is 1.76. The molecule has 2 N–H and O–H groups in total. The minimum Gasteiger partial charge on any atom is -0.328 e. The molecule has 3 rings (SSSR count). The van der Waals surface area contributed by atoms with Crippen LogP contribution in [0.5, 0.6) is 0 Å². The first-order chi connectivity index (χ1) is 10.2. The van der Waals surface area contributed by atoms with Crippen molar-refractivity contribution in [1.29, 1.82) is 0 Å². The van der Waals surface area contributed by atoms with E-state index >= 15 is 0 Å². The lowest BCUT2D eigenvalue weighted by Gasteiger charge is -2.25.